The average molecular weight is 359 g/mol. The molecule has 1 aromatic heterocycles. The van der Waals surface area contributed by atoms with Gasteiger partial charge in [0.1, 0.15) is 0 Å². The number of nitrogens with zero attached hydrogens (tertiary/aromatic N) is 4. The van der Waals surface area contributed by atoms with Crippen LogP contribution in [0.2, 0.25) is 0 Å². The van der Waals surface area contributed by atoms with E-state index < -0.39 is 0 Å². The Hall–Kier alpha value is -1.18. The molecule has 0 saturated carbocycles. The van der Waals surface area contributed by atoms with Gasteiger partial charge in [-0.3, -0.25) is 9.98 Å². The van der Waals surface area contributed by atoms with Crippen LogP contribution in [0.25, 0.3) is 0 Å². The fourth-order valence-electron chi connectivity index (χ4n) is 1.55. The summed E-state index contributed by atoms with van der Waals surface area (Å²) in [6.45, 7) is 1.83. The summed E-state index contributed by atoms with van der Waals surface area (Å²) in [5.41, 5.74) is 0.841. The lowest BCUT2D eigenvalue weighted by Crippen LogP contribution is -2.35. The first-order valence-electron chi connectivity index (χ1n) is 5.83. The molecule has 0 fully saturated rings. The zero-order valence-corrected chi connectivity index (χ0v) is 12.7. The molecule has 6 heteroatoms. The van der Waals surface area contributed by atoms with E-state index >= 15 is 0 Å². The maximum Gasteiger partial charge on any atom is 0.214 e. The number of guanidine groups is 1. The van der Waals surface area contributed by atoms with Gasteiger partial charge in [0, 0.05) is 26.3 Å². The highest BCUT2D eigenvalue weighted by atomic mass is 127. The molecule has 1 aliphatic rings. The van der Waals surface area contributed by atoms with Crippen molar-refractivity contribution in [1.82, 2.24) is 15.3 Å². The molecule has 18 heavy (non-hydrogen) atoms. The minimum atomic E-state index is 0. The first kappa shape index (κ1) is 14.9. The van der Waals surface area contributed by atoms with Crippen molar-refractivity contribution in [3.8, 4) is 0 Å². The monoisotopic (exact) mass is 359 g/mol. The molecule has 2 heterocycles. The summed E-state index contributed by atoms with van der Waals surface area (Å²) in [7, 11) is 1.89. The van der Waals surface area contributed by atoms with E-state index in [0.29, 0.717) is 0 Å². The molecule has 1 N–H and O–H groups in total. The normalized spacial score (nSPS) is 15.3. The molecule has 0 bridgehead atoms. The van der Waals surface area contributed by atoms with Gasteiger partial charge in [0.2, 0.25) is 5.96 Å². The molecule has 0 amide bonds. The van der Waals surface area contributed by atoms with Crippen molar-refractivity contribution in [2.45, 2.75) is 12.8 Å². The summed E-state index contributed by atoms with van der Waals surface area (Å²) >= 11 is 0. The first-order chi connectivity index (χ1) is 8.36. The van der Waals surface area contributed by atoms with E-state index in [1.165, 1.54) is 0 Å². The van der Waals surface area contributed by atoms with Crippen molar-refractivity contribution in [3.05, 3.63) is 30.1 Å². The number of hydrogen-bond acceptors (Lipinski definition) is 5. The van der Waals surface area contributed by atoms with Gasteiger partial charge in [0.25, 0.3) is 0 Å². The molecule has 0 unspecified atom stereocenters. The van der Waals surface area contributed by atoms with Crippen LogP contribution >= 0.6 is 24.0 Å². The zero-order chi connectivity index (χ0) is 11.9. The summed E-state index contributed by atoms with van der Waals surface area (Å²) in [6.07, 6.45) is 5.77. The molecule has 0 atom stereocenters. The van der Waals surface area contributed by atoms with Crippen molar-refractivity contribution < 1.29 is 0 Å². The Labute approximate surface area is 124 Å². The molecular weight excluding hydrogens is 341 g/mol. The third-order valence-corrected chi connectivity index (χ3v) is 2.49. The van der Waals surface area contributed by atoms with Crippen molar-refractivity contribution in [1.29, 1.82) is 0 Å². The molecule has 5 nitrogen and oxygen atoms in total. The predicted molar refractivity (Wildman–Crippen MR) is 84.5 cm³/mol. The van der Waals surface area contributed by atoms with Crippen LogP contribution in [0.5, 0.6) is 0 Å². The number of hydrazone groups is 1. The molecule has 1 aliphatic heterocycles. The summed E-state index contributed by atoms with van der Waals surface area (Å²) in [6, 6.07) is 5.74. The Morgan fingerprint density at radius 3 is 3.06 bits per heavy atom. The van der Waals surface area contributed by atoms with Gasteiger partial charge in [-0.25, -0.2) is 5.01 Å². The van der Waals surface area contributed by atoms with Gasteiger partial charge in [-0.05, 0) is 25.0 Å². The number of rotatable bonds is 2. The number of aliphatic imine (C=N–C) groups is 1. The van der Waals surface area contributed by atoms with E-state index in [-0.39, 0.29) is 24.0 Å². The lowest BCUT2D eigenvalue weighted by atomic mass is 10.3. The Kier molecular flexibility index (Phi) is 6.63. The maximum absolute atomic E-state index is 4.43. The number of halogens is 1. The Bertz CT molecular complexity index is 404. The zero-order valence-electron chi connectivity index (χ0n) is 10.4. The van der Waals surface area contributed by atoms with E-state index in [0.717, 1.165) is 37.6 Å². The van der Waals surface area contributed by atoms with E-state index in [1.807, 2.05) is 25.2 Å². The molecular formula is C12H18IN5. The Morgan fingerprint density at radius 2 is 2.28 bits per heavy atom. The fourth-order valence-corrected chi connectivity index (χ4v) is 1.55. The molecule has 98 valence electrons. The van der Waals surface area contributed by atoms with Crippen LogP contribution in [0.1, 0.15) is 18.5 Å². The van der Waals surface area contributed by atoms with E-state index in [9.17, 15) is 0 Å². The SMILES string of the molecule is CN(/N=C/c1ccccn1)C1=NCCCCN1.I. The molecule has 2 rings (SSSR count). The van der Waals surface area contributed by atoms with Gasteiger partial charge in [0.15, 0.2) is 0 Å². The van der Waals surface area contributed by atoms with Crippen molar-refractivity contribution in [2.24, 2.45) is 10.1 Å². The second kappa shape index (κ2) is 8.02. The van der Waals surface area contributed by atoms with Crippen LogP contribution in [0.4, 0.5) is 0 Å². The first-order valence-corrected chi connectivity index (χ1v) is 5.83. The van der Waals surface area contributed by atoms with Gasteiger partial charge >= 0.3 is 0 Å². The fraction of sp³-hybridized carbons (Fsp3) is 0.417. The summed E-state index contributed by atoms with van der Waals surface area (Å²) in [5.74, 6) is 0.828. The molecule has 0 spiro atoms. The van der Waals surface area contributed by atoms with Crippen molar-refractivity contribution in [2.75, 3.05) is 20.1 Å². The van der Waals surface area contributed by atoms with Crippen LogP contribution in [-0.2, 0) is 0 Å². The van der Waals surface area contributed by atoms with E-state index in [1.54, 1.807) is 17.4 Å². The Morgan fingerprint density at radius 1 is 1.39 bits per heavy atom. The van der Waals surface area contributed by atoms with Crippen LogP contribution in [0, 0.1) is 0 Å². The minimum Gasteiger partial charge on any atom is -0.355 e. The summed E-state index contributed by atoms with van der Waals surface area (Å²) < 4.78 is 0. The summed E-state index contributed by atoms with van der Waals surface area (Å²) in [5, 5.41) is 9.32. The van der Waals surface area contributed by atoms with Crippen LogP contribution < -0.4 is 5.32 Å². The summed E-state index contributed by atoms with van der Waals surface area (Å²) in [4.78, 5) is 8.61. The highest BCUT2D eigenvalue weighted by Crippen LogP contribution is 1.97. The third kappa shape index (κ3) is 4.59. The van der Waals surface area contributed by atoms with Crippen molar-refractivity contribution >= 4 is 36.2 Å². The topological polar surface area (TPSA) is 52.9 Å². The number of pyridine rings is 1. The van der Waals surface area contributed by atoms with Crippen LogP contribution in [0.3, 0.4) is 0 Å². The molecule has 0 aliphatic carbocycles. The standard InChI is InChI=1S/C12H17N5.HI/c1-17(12-14-8-4-5-9-15-12)16-10-11-6-2-3-7-13-11;/h2-3,6-7,10H,4-5,8-9H2,1H3,(H,14,15);1H/b16-10+;. The predicted octanol–water partition coefficient (Wildman–Crippen LogP) is 1.70. The number of hydrogen-bond donors (Lipinski definition) is 1. The smallest absolute Gasteiger partial charge is 0.214 e. The van der Waals surface area contributed by atoms with Crippen LogP contribution in [0.15, 0.2) is 34.5 Å². The Balaban J connectivity index is 0.00000162. The largest absolute Gasteiger partial charge is 0.355 e. The van der Waals surface area contributed by atoms with E-state index in [2.05, 4.69) is 20.4 Å². The van der Waals surface area contributed by atoms with Crippen LogP contribution in [-0.4, -0.2) is 42.3 Å². The number of nitrogens with one attached hydrogen (secondary N) is 1. The maximum atomic E-state index is 4.43. The lowest BCUT2D eigenvalue weighted by Gasteiger charge is -2.15. The van der Waals surface area contributed by atoms with E-state index in [4.69, 9.17) is 0 Å². The van der Waals surface area contributed by atoms with Gasteiger partial charge in [-0.1, -0.05) is 6.07 Å². The highest BCUT2D eigenvalue weighted by molar-refractivity contribution is 14.0. The van der Waals surface area contributed by atoms with Gasteiger partial charge in [-0.2, -0.15) is 5.10 Å². The molecule has 0 saturated heterocycles. The molecule has 1 aromatic rings. The number of aromatic nitrogens is 1. The highest BCUT2D eigenvalue weighted by Gasteiger charge is 2.06. The lowest BCUT2D eigenvalue weighted by molar-refractivity contribution is 0.520. The second-order valence-corrected chi connectivity index (χ2v) is 3.86. The van der Waals surface area contributed by atoms with Gasteiger partial charge in [0.05, 0.1) is 11.9 Å². The quantitative estimate of drug-likeness (QED) is 0.497. The molecule has 0 radical (unpaired) electrons. The second-order valence-electron chi connectivity index (χ2n) is 3.86. The third-order valence-electron chi connectivity index (χ3n) is 2.49. The average Bonchev–Trinajstić information content (AvgIpc) is 2.66. The molecule has 0 aromatic carbocycles. The van der Waals surface area contributed by atoms with Gasteiger partial charge < -0.3 is 5.32 Å². The van der Waals surface area contributed by atoms with Crippen molar-refractivity contribution in [3.63, 3.8) is 0 Å². The minimum absolute atomic E-state index is 0. The van der Waals surface area contributed by atoms with Gasteiger partial charge in [-0.15, -0.1) is 24.0 Å².